The van der Waals surface area contributed by atoms with E-state index in [0.717, 1.165) is 34.0 Å². The third kappa shape index (κ3) is 6.02. The molecule has 4 heteroatoms. The summed E-state index contributed by atoms with van der Waals surface area (Å²) < 4.78 is 6.49. The van der Waals surface area contributed by atoms with E-state index in [1.807, 2.05) is 78.9 Å². The van der Waals surface area contributed by atoms with Crippen LogP contribution in [0.1, 0.15) is 51.2 Å². The van der Waals surface area contributed by atoms with Gasteiger partial charge < -0.3 is 10.1 Å². The number of ketones is 1. The Morgan fingerprint density at radius 3 is 2.27 bits per heavy atom. The van der Waals surface area contributed by atoms with E-state index >= 15 is 0 Å². The third-order valence-electron chi connectivity index (χ3n) is 7.41. The molecule has 1 N–H and O–H groups in total. The van der Waals surface area contributed by atoms with Crippen molar-refractivity contribution in [2.45, 2.75) is 46.1 Å². The molecule has 0 unspecified atom stereocenters. The van der Waals surface area contributed by atoms with Crippen molar-refractivity contribution < 1.29 is 9.53 Å². The van der Waals surface area contributed by atoms with Gasteiger partial charge in [0, 0.05) is 5.69 Å². The van der Waals surface area contributed by atoms with Crippen molar-refractivity contribution in [3.05, 3.63) is 106 Å². The monoisotopic (exact) mass is 509 g/mol. The van der Waals surface area contributed by atoms with Crippen LogP contribution in [0.25, 0.3) is 11.6 Å². The molecule has 5 rings (SSSR count). The fourth-order valence-corrected chi connectivity index (χ4v) is 6.45. The molecule has 0 radical (unpaired) electrons. The number of nitrogens with one attached hydrogen (secondary N) is 1. The number of thioether (sulfide) groups is 1. The second-order valence-corrected chi connectivity index (χ2v) is 11.6. The van der Waals surface area contributed by atoms with Crippen LogP contribution < -0.4 is 10.1 Å². The first-order valence-corrected chi connectivity index (χ1v) is 14.1. The van der Waals surface area contributed by atoms with Crippen LogP contribution >= 0.6 is 11.8 Å². The quantitative estimate of drug-likeness (QED) is 0.323. The lowest BCUT2D eigenvalue weighted by Crippen LogP contribution is -2.36. The summed E-state index contributed by atoms with van der Waals surface area (Å²) in [6.07, 6.45) is 5.90. The highest BCUT2D eigenvalue weighted by molar-refractivity contribution is 8.08. The molecular weight excluding hydrogens is 474 g/mol. The Balaban J connectivity index is 1.35. The summed E-state index contributed by atoms with van der Waals surface area (Å²) in [5.41, 5.74) is 3.60. The van der Waals surface area contributed by atoms with Crippen LogP contribution in [0, 0.1) is 17.8 Å². The molecule has 1 fully saturated rings. The molecule has 1 heterocycles. The van der Waals surface area contributed by atoms with E-state index < -0.39 is 0 Å². The Morgan fingerprint density at radius 1 is 0.919 bits per heavy atom. The molecule has 37 heavy (non-hydrogen) atoms. The first-order chi connectivity index (χ1) is 18.0. The average molecular weight is 510 g/mol. The van der Waals surface area contributed by atoms with Gasteiger partial charge in [-0.3, -0.25) is 4.79 Å². The Morgan fingerprint density at radius 2 is 1.59 bits per heavy atom. The van der Waals surface area contributed by atoms with Crippen molar-refractivity contribution in [2.24, 2.45) is 17.8 Å². The molecule has 3 aromatic rings. The van der Waals surface area contributed by atoms with Crippen LogP contribution in [0.5, 0.6) is 5.75 Å². The summed E-state index contributed by atoms with van der Waals surface area (Å²) in [6.45, 7) is 6.94. The van der Waals surface area contributed by atoms with Gasteiger partial charge >= 0.3 is 0 Å². The van der Waals surface area contributed by atoms with Gasteiger partial charge in [0.05, 0.1) is 15.5 Å². The number of carbonyl (C=O) groups is 1. The Labute approximate surface area is 225 Å². The highest BCUT2D eigenvalue weighted by atomic mass is 32.2. The zero-order valence-electron chi connectivity index (χ0n) is 21.8. The summed E-state index contributed by atoms with van der Waals surface area (Å²) in [7, 11) is 0. The van der Waals surface area contributed by atoms with Crippen LogP contribution in [0.4, 0.5) is 5.69 Å². The van der Waals surface area contributed by atoms with Gasteiger partial charge in [-0.2, -0.15) is 0 Å². The number of rotatable bonds is 7. The maximum Gasteiger partial charge on any atom is 0.203 e. The van der Waals surface area contributed by atoms with E-state index in [2.05, 4.69) is 38.2 Å². The second kappa shape index (κ2) is 11.4. The number of benzene rings is 3. The van der Waals surface area contributed by atoms with Gasteiger partial charge in [-0.1, -0.05) is 99.6 Å². The van der Waals surface area contributed by atoms with Crippen molar-refractivity contribution in [1.29, 1.82) is 0 Å². The molecule has 3 nitrogen and oxygen atoms in total. The molecular formula is C33H35NO2S. The van der Waals surface area contributed by atoms with E-state index in [0.29, 0.717) is 28.2 Å². The van der Waals surface area contributed by atoms with E-state index in [4.69, 9.17) is 4.74 Å². The average Bonchev–Trinajstić information content (AvgIpc) is 3.20. The van der Waals surface area contributed by atoms with E-state index in [1.54, 1.807) is 0 Å². The summed E-state index contributed by atoms with van der Waals surface area (Å²) in [4.78, 5) is 14.3. The summed E-state index contributed by atoms with van der Waals surface area (Å²) in [6, 6.07) is 28.1. The van der Waals surface area contributed by atoms with Crippen molar-refractivity contribution in [1.82, 2.24) is 0 Å². The van der Waals surface area contributed by atoms with Gasteiger partial charge in [0.25, 0.3) is 0 Å². The molecule has 2 aliphatic rings. The van der Waals surface area contributed by atoms with E-state index in [1.165, 1.54) is 24.6 Å². The van der Waals surface area contributed by atoms with Gasteiger partial charge in [-0.05, 0) is 72.1 Å². The molecule has 0 amide bonds. The SMILES string of the molecule is CC(C)[C@@H]1CC[C@@H](C)C[C@H]1Oc1ccc(/C=C2\SC(Nc3ccccc3)=C(c3ccccc3)C2=O)cc1. The maximum absolute atomic E-state index is 13.6. The minimum Gasteiger partial charge on any atom is -0.490 e. The lowest BCUT2D eigenvalue weighted by atomic mass is 9.75. The normalized spacial score (nSPS) is 23.1. The molecule has 1 aliphatic carbocycles. The highest BCUT2D eigenvalue weighted by Crippen LogP contribution is 2.44. The fraction of sp³-hybridized carbons (Fsp3) is 0.303. The van der Waals surface area contributed by atoms with Crippen molar-refractivity contribution in [3.8, 4) is 5.75 Å². The molecule has 0 saturated heterocycles. The number of hydrogen-bond donors (Lipinski definition) is 1. The predicted octanol–water partition coefficient (Wildman–Crippen LogP) is 8.66. The van der Waals surface area contributed by atoms with Crippen molar-refractivity contribution in [3.63, 3.8) is 0 Å². The Hall–Kier alpha value is -3.24. The second-order valence-electron chi connectivity index (χ2n) is 10.6. The number of carbonyl (C=O) groups excluding carboxylic acids is 1. The topological polar surface area (TPSA) is 38.3 Å². The van der Waals surface area contributed by atoms with Gasteiger partial charge in [-0.15, -0.1) is 0 Å². The highest BCUT2D eigenvalue weighted by Gasteiger charge is 2.33. The third-order valence-corrected chi connectivity index (χ3v) is 8.44. The minimum atomic E-state index is 0.0472. The van der Waals surface area contributed by atoms with Crippen LogP contribution in [0.15, 0.2) is 94.9 Å². The molecule has 3 aromatic carbocycles. The molecule has 1 aliphatic heterocycles. The molecule has 0 bridgehead atoms. The van der Waals surface area contributed by atoms with Crippen LogP contribution in [-0.2, 0) is 4.79 Å². The van der Waals surface area contributed by atoms with E-state index in [-0.39, 0.29) is 11.9 Å². The first kappa shape index (κ1) is 25.4. The predicted molar refractivity (Wildman–Crippen MR) is 156 cm³/mol. The minimum absolute atomic E-state index is 0.0472. The number of Topliss-reactive ketones (excluding diaryl/α,β-unsaturated/α-hetero) is 1. The van der Waals surface area contributed by atoms with E-state index in [9.17, 15) is 4.79 Å². The van der Waals surface area contributed by atoms with Crippen LogP contribution in [0.2, 0.25) is 0 Å². The van der Waals surface area contributed by atoms with Crippen molar-refractivity contribution >= 4 is 34.9 Å². The van der Waals surface area contributed by atoms with Gasteiger partial charge in [0.2, 0.25) is 5.78 Å². The first-order valence-electron chi connectivity index (χ1n) is 13.3. The zero-order valence-corrected chi connectivity index (χ0v) is 22.6. The number of allylic oxidation sites excluding steroid dienone is 2. The van der Waals surface area contributed by atoms with Gasteiger partial charge in [0.1, 0.15) is 11.9 Å². The maximum atomic E-state index is 13.6. The number of anilines is 1. The summed E-state index contributed by atoms with van der Waals surface area (Å²) in [5.74, 6) is 2.89. The van der Waals surface area contributed by atoms with Gasteiger partial charge in [-0.25, -0.2) is 0 Å². The number of ether oxygens (including phenoxy) is 1. The number of hydrogen-bond acceptors (Lipinski definition) is 4. The fourth-order valence-electron chi connectivity index (χ4n) is 5.36. The zero-order chi connectivity index (χ0) is 25.8. The molecule has 0 spiro atoms. The molecule has 1 saturated carbocycles. The number of para-hydroxylation sites is 1. The van der Waals surface area contributed by atoms with Crippen molar-refractivity contribution in [2.75, 3.05) is 5.32 Å². The largest absolute Gasteiger partial charge is 0.490 e. The molecule has 190 valence electrons. The lowest BCUT2D eigenvalue weighted by molar-refractivity contribution is -0.109. The van der Waals surface area contributed by atoms with Gasteiger partial charge in [0.15, 0.2) is 0 Å². The summed E-state index contributed by atoms with van der Waals surface area (Å²) >= 11 is 1.50. The smallest absolute Gasteiger partial charge is 0.203 e. The lowest BCUT2D eigenvalue weighted by Gasteiger charge is -2.37. The summed E-state index contributed by atoms with van der Waals surface area (Å²) in [5, 5.41) is 4.33. The molecule has 0 aromatic heterocycles. The Kier molecular flexibility index (Phi) is 7.85. The Bertz CT molecular complexity index is 1280. The standard InChI is InChI=1S/C33H35NO2S/c1-22(2)28-19-14-23(3)20-29(28)36-27-17-15-24(16-18-27)21-30-32(35)31(25-10-6-4-7-11-25)33(37-30)34-26-12-8-5-9-13-26/h4-13,15-18,21-23,28-29,34H,14,19-20H2,1-3H3/b30-21-/t23-,28+,29-/m1/s1. The van der Waals surface area contributed by atoms with Crippen LogP contribution in [-0.4, -0.2) is 11.9 Å². The van der Waals surface area contributed by atoms with Crippen LogP contribution in [0.3, 0.4) is 0 Å². The molecule has 3 atom stereocenters.